The van der Waals surface area contributed by atoms with E-state index >= 15 is 0 Å². The lowest BCUT2D eigenvalue weighted by Crippen LogP contribution is -2.32. The van der Waals surface area contributed by atoms with Gasteiger partial charge in [0, 0.05) is 35.8 Å². The average Bonchev–Trinajstić information content (AvgIpc) is 2.30. The van der Waals surface area contributed by atoms with Crippen molar-refractivity contribution in [2.75, 3.05) is 29.5 Å². The Bertz CT molecular complexity index is 361. The molecule has 1 aliphatic heterocycles. The molecule has 0 spiro atoms. The van der Waals surface area contributed by atoms with Crippen LogP contribution in [0.3, 0.4) is 0 Å². The molecule has 0 radical (unpaired) electrons. The Labute approximate surface area is 93.6 Å². The Hall–Kier alpha value is -1.16. The van der Waals surface area contributed by atoms with Crippen molar-refractivity contribution in [1.82, 2.24) is 0 Å². The summed E-state index contributed by atoms with van der Waals surface area (Å²) >= 11 is 1.97. The van der Waals surface area contributed by atoms with E-state index in [9.17, 15) is 4.79 Å². The number of primary amides is 1. The van der Waals surface area contributed by atoms with E-state index in [0.29, 0.717) is 5.56 Å². The van der Waals surface area contributed by atoms with E-state index in [1.165, 1.54) is 0 Å². The zero-order chi connectivity index (χ0) is 10.7. The lowest BCUT2D eigenvalue weighted by Gasteiger charge is -2.28. The number of carbonyl (C=O) groups is 1. The zero-order valence-corrected chi connectivity index (χ0v) is 9.30. The third-order valence-electron chi connectivity index (χ3n) is 2.51. The number of carbonyl (C=O) groups excluding carboxylic acids is 1. The molecule has 0 atom stereocenters. The maximum atomic E-state index is 11.0. The van der Waals surface area contributed by atoms with Crippen LogP contribution in [0.1, 0.15) is 10.4 Å². The molecule has 1 amide bonds. The fourth-order valence-electron chi connectivity index (χ4n) is 1.68. The highest BCUT2D eigenvalue weighted by Gasteiger charge is 2.11. The van der Waals surface area contributed by atoms with Crippen molar-refractivity contribution < 1.29 is 4.79 Å². The first kappa shape index (κ1) is 10.4. The minimum absolute atomic E-state index is 0.358. The van der Waals surface area contributed by atoms with Gasteiger partial charge >= 0.3 is 0 Å². The Kier molecular flexibility index (Phi) is 3.16. The minimum atomic E-state index is -0.358. The minimum Gasteiger partial charge on any atom is -0.370 e. The summed E-state index contributed by atoms with van der Waals surface area (Å²) < 4.78 is 0. The normalized spacial score (nSPS) is 16.4. The van der Waals surface area contributed by atoms with E-state index in [-0.39, 0.29) is 5.91 Å². The van der Waals surface area contributed by atoms with Crippen LogP contribution in [0.25, 0.3) is 0 Å². The summed E-state index contributed by atoms with van der Waals surface area (Å²) in [7, 11) is 0. The topological polar surface area (TPSA) is 46.3 Å². The van der Waals surface area contributed by atoms with Crippen LogP contribution >= 0.6 is 11.8 Å². The van der Waals surface area contributed by atoms with Gasteiger partial charge in [-0.2, -0.15) is 11.8 Å². The fourth-order valence-corrected chi connectivity index (χ4v) is 2.58. The van der Waals surface area contributed by atoms with Crippen LogP contribution in [0, 0.1) is 0 Å². The number of nitrogens with two attached hydrogens (primary N) is 1. The van der Waals surface area contributed by atoms with Crippen LogP contribution in [0.5, 0.6) is 0 Å². The molecule has 0 saturated carbocycles. The number of hydrogen-bond acceptors (Lipinski definition) is 3. The molecule has 4 heteroatoms. The summed E-state index contributed by atoms with van der Waals surface area (Å²) in [6, 6.07) is 7.54. The maximum Gasteiger partial charge on any atom is 0.248 e. The zero-order valence-electron chi connectivity index (χ0n) is 8.48. The molecule has 80 valence electrons. The Morgan fingerprint density at radius 1 is 1.33 bits per heavy atom. The summed E-state index contributed by atoms with van der Waals surface area (Å²) in [6.45, 7) is 2.10. The molecular formula is C11H14N2OS. The van der Waals surface area contributed by atoms with Gasteiger partial charge in [-0.3, -0.25) is 4.79 Å². The SMILES string of the molecule is NC(=O)c1cccc(N2CCSCC2)c1. The Balaban J connectivity index is 2.19. The summed E-state index contributed by atoms with van der Waals surface area (Å²) in [4.78, 5) is 13.3. The number of nitrogens with zero attached hydrogens (tertiary/aromatic N) is 1. The second-order valence-electron chi connectivity index (χ2n) is 3.51. The highest BCUT2D eigenvalue weighted by atomic mass is 32.2. The van der Waals surface area contributed by atoms with Gasteiger partial charge in [-0.1, -0.05) is 6.07 Å². The van der Waals surface area contributed by atoms with Crippen LogP contribution in [-0.2, 0) is 0 Å². The van der Waals surface area contributed by atoms with Crippen molar-refractivity contribution in [2.45, 2.75) is 0 Å². The Morgan fingerprint density at radius 3 is 2.73 bits per heavy atom. The third-order valence-corrected chi connectivity index (χ3v) is 3.45. The number of hydrogen-bond donors (Lipinski definition) is 1. The predicted molar refractivity (Wildman–Crippen MR) is 64.5 cm³/mol. The molecule has 2 rings (SSSR count). The molecule has 0 bridgehead atoms. The molecule has 1 fully saturated rings. The second kappa shape index (κ2) is 4.57. The molecular weight excluding hydrogens is 208 g/mol. The first-order valence-corrected chi connectivity index (χ1v) is 6.15. The van der Waals surface area contributed by atoms with E-state index in [0.717, 1.165) is 30.3 Å². The highest BCUT2D eigenvalue weighted by molar-refractivity contribution is 7.99. The number of anilines is 1. The van der Waals surface area contributed by atoms with Crippen molar-refractivity contribution in [3.05, 3.63) is 29.8 Å². The van der Waals surface area contributed by atoms with Gasteiger partial charge in [0.2, 0.25) is 5.91 Å². The van der Waals surface area contributed by atoms with Gasteiger partial charge in [0.1, 0.15) is 0 Å². The van der Waals surface area contributed by atoms with Gasteiger partial charge in [-0.25, -0.2) is 0 Å². The van der Waals surface area contributed by atoms with E-state index < -0.39 is 0 Å². The van der Waals surface area contributed by atoms with E-state index in [4.69, 9.17) is 5.73 Å². The van der Waals surface area contributed by atoms with Crippen molar-refractivity contribution in [3.63, 3.8) is 0 Å². The first-order chi connectivity index (χ1) is 7.27. The van der Waals surface area contributed by atoms with Gasteiger partial charge in [0.05, 0.1) is 0 Å². The largest absolute Gasteiger partial charge is 0.370 e. The van der Waals surface area contributed by atoms with Crippen molar-refractivity contribution >= 4 is 23.4 Å². The lowest BCUT2D eigenvalue weighted by atomic mass is 10.2. The van der Waals surface area contributed by atoms with Gasteiger partial charge in [0.15, 0.2) is 0 Å². The summed E-state index contributed by atoms with van der Waals surface area (Å²) in [5.74, 6) is 1.95. The molecule has 1 heterocycles. The summed E-state index contributed by atoms with van der Waals surface area (Å²) in [5, 5.41) is 0. The highest BCUT2D eigenvalue weighted by Crippen LogP contribution is 2.20. The van der Waals surface area contributed by atoms with Crippen molar-refractivity contribution in [3.8, 4) is 0 Å². The van der Waals surface area contributed by atoms with E-state index in [1.807, 2.05) is 30.0 Å². The van der Waals surface area contributed by atoms with Crippen LogP contribution in [0.4, 0.5) is 5.69 Å². The number of benzene rings is 1. The quantitative estimate of drug-likeness (QED) is 0.821. The standard InChI is InChI=1S/C11H14N2OS/c12-11(14)9-2-1-3-10(8-9)13-4-6-15-7-5-13/h1-3,8H,4-7H2,(H2,12,14). The molecule has 0 aromatic heterocycles. The molecule has 3 nitrogen and oxygen atoms in total. The fraction of sp³-hybridized carbons (Fsp3) is 0.364. The van der Waals surface area contributed by atoms with Gasteiger partial charge in [0.25, 0.3) is 0 Å². The van der Waals surface area contributed by atoms with Crippen molar-refractivity contribution in [1.29, 1.82) is 0 Å². The molecule has 1 aromatic rings. The second-order valence-corrected chi connectivity index (χ2v) is 4.74. The summed E-state index contributed by atoms with van der Waals surface area (Å²) in [6.07, 6.45) is 0. The van der Waals surface area contributed by atoms with Crippen LogP contribution in [0.2, 0.25) is 0 Å². The van der Waals surface area contributed by atoms with Crippen molar-refractivity contribution in [2.24, 2.45) is 5.73 Å². The maximum absolute atomic E-state index is 11.0. The number of rotatable bonds is 2. The molecule has 1 saturated heterocycles. The molecule has 0 unspecified atom stereocenters. The van der Waals surface area contributed by atoms with Gasteiger partial charge in [-0.05, 0) is 18.2 Å². The van der Waals surface area contributed by atoms with E-state index in [2.05, 4.69) is 4.90 Å². The van der Waals surface area contributed by atoms with E-state index in [1.54, 1.807) is 6.07 Å². The predicted octanol–water partition coefficient (Wildman–Crippen LogP) is 1.34. The van der Waals surface area contributed by atoms with Crippen LogP contribution < -0.4 is 10.6 Å². The van der Waals surface area contributed by atoms with Crippen LogP contribution in [0.15, 0.2) is 24.3 Å². The number of thioether (sulfide) groups is 1. The lowest BCUT2D eigenvalue weighted by molar-refractivity contribution is 0.100. The average molecular weight is 222 g/mol. The smallest absolute Gasteiger partial charge is 0.248 e. The van der Waals surface area contributed by atoms with Gasteiger partial charge < -0.3 is 10.6 Å². The van der Waals surface area contributed by atoms with Gasteiger partial charge in [-0.15, -0.1) is 0 Å². The molecule has 1 aromatic carbocycles. The third kappa shape index (κ3) is 2.45. The number of amides is 1. The molecule has 0 aliphatic carbocycles. The Morgan fingerprint density at radius 2 is 2.07 bits per heavy atom. The summed E-state index contributed by atoms with van der Waals surface area (Å²) in [5.41, 5.74) is 6.94. The molecule has 15 heavy (non-hydrogen) atoms. The monoisotopic (exact) mass is 222 g/mol. The molecule has 2 N–H and O–H groups in total. The first-order valence-electron chi connectivity index (χ1n) is 5.00. The van der Waals surface area contributed by atoms with Crippen LogP contribution in [-0.4, -0.2) is 30.5 Å². The molecule has 1 aliphatic rings.